The van der Waals surface area contributed by atoms with E-state index in [1.54, 1.807) is 0 Å². The van der Waals surface area contributed by atoms with Crippen molar-refractivity contribution in [2.75, 3.05) is 0 Å². The highest BCUT2D eigenvalue weighted by atomic mass is 32.2. The van der Waals surface area contributed by atoms with Gasteiger partial charge in [0.2, 0.25) is 0 Å². The minimum absolute atomic E-state index is 0.117. The number of aliphatic carboxylic acids is 2. The Morgan fingerprint density at radius 3 is 0.911 bits per heavy atom. The fourth-order valence-electron chi connectivity index (χ4n) is 4.92. The normalized spacial score (nSPS) is 13.4. The second-order valence-electron chi connectivity index (χ2n) is 15.3. The predicted octanol–water partition coefficient (Wildman–Crippen LogP) is 9.32. The number of hydrogen-bond acceptors (Lipinski definition) is 5. The molecule has 0 radical (unpaired) electrons. The average Bonchev–Trinajstić information content (AvgIpc) is 2.88. The van der Waals surface area contributed by atoms with Crippen LogP contribution in [0.25, 0.3) is 0 Å². The number of phenolic OH excluding ortho intramolecular Hbond substituents is 2. The number of phenols is 2. The van der Waals surface area contributed by atoms with Crippen LogP contribution in [0.15, 0.2) is 50.6 Å². The average molecular weight is 643 g/mol. The Morgan fingerprint density at radius 2 is 0.756 bits per heavy atom. The van der Waals surface area contributed by atoms with Gasteiger partial charge in [-0.2, -0.15) is 0 Å². The van der Waals surface area contributed by atoms with Crippen LogP contribution < -0.4 is 0 Å². The number of rotatable bonds is 8. The third-order valence-electron chi connectivity index (χ3n) is 7.29. The summed E-state index contributed by atoms with van der Waals surface area (Å²) >= 11 is 0.933. The lowest BCUT2D eigenvalue weighted by molar-refractivity contribution is -0.136. The van der Waals surface area contributed by atoms with E-state index in [0.717, 1.165) is 45.1 Å². The molecule has 4 N–H and O–H groups in total. The number of hydrogen-bond donors (Lipinski definition) is 4. The van der Waals surface area contributed by atoms with Gasteiger partial charge < -0.3 is 20.4 Å². The molecule has 0 amide bonds. The van der Waals surface area contributed by atoms with Crippen LogP contribution in [0.4, 0.5) is 0 Å². The van der Waals surface area contributed by atoms with Crippen molar-refractivity contribution >= 4 is 23.7 Å². The van der Waals surface area contributed by atoms with Gasteiger partial charge in [0, 0.05) is 0 Å². The van der Waals surface area contributed by atoms with Gasteiger partial charge in [0.05, 0.1) is 0 Å². The highest BCUT2D eigenvalue weighted by Gasteiger charge is 2.33. The highest BCUT2D eigenvalue weighted by molar-refractivity contribution is 8.01. The molecule has 0 aliphatic carbocycles. The molecular formula is C38H58O6S. The summed E-state index contributed by atoms with van der Waals surface area (Å²) in [6.45, 7) is 36.0. The predicted molar refractivity (Wildman–Crippen MR) is 191 cm³/mol. The van der Waals surface area contributed by atoms with E-state index in [1.807, 2.05) is 107 Å². The Morgan fingerprint density at radius 1 is 0.556 bits per heavy atom. The summed E-state index contributed by atoms with van der Waals surface area (Å²) in [6.07, 6.45) is 0.235. The first kappa shape index (κ1) is 41.8. The monoisotopic (exact) mass is 642 g/mol. The lowest BCUT2D eigenvalue weighted by atomic mass is 9.78. The number of aromatic hydroxyl groups is 2. The van der Waals surface area contributed by atoms with Crippen molar-refractivity contribution in [1.29, 1.82) is 0 Å². The summed E-state index contributed by atoms with van der Waals surface area (Å²) in [5.74, 6) is -1.73. The molecule has 0 aliphatic rings. The molecule has 0 heterocycles. The van der Waals surface area contributed by atoms with Gasteiger partial charge in [-0.3, -0.25) is 9.59 Å². The zero-order valence-corrected chi connectivity index (χ0v) is 30.5. The quantitative estimate of drug-likeness (QED) is 0.212. The number of carboxylic acids is 2. The maximum atomic E-state index is 12.5. The van der Waals surface area contributed by atoms with E-state index in [1.165, 1.54) is 0 Å². The Labute approximate surface area is 276 Å². The van der Waals surface area contributed by atoms with Crippen molar-refractivity contribution in [2.45, 2.75) is 128 Å². The van der Waals surface area contributed by atoms with Crippen LogP contribution in [0.2, 0.25) is 0 Å². The summed E-state index contributed by atoms with van der Waals surface area (Å²) in [5.41, 5.74) is 2.94. The van der Waals surface area contributed by atoms with E-state index in [2.05, 4.69) is 26.3 Å². The first-order valence-corrected chi connectivity index (χ1v) is 16.1. The lowest BCUT2D eigenvalue weighted by Gasteiger charge is -2.29. The Hall–Kier alpha value is -3.19. The van der Waals surface area contributed by atoms with Crippen molar-refractivity contribution in [3.05, 3.63) is 84.0 Å². The number of carboxylic acid groups (broad SMARTS) is 2. The van der Waals surface area contributed by atoms with Crippen LogP contribution in [0.5, 0.6) is 11.5 Å². The van der Waals surface area contributed by atoms with Crippen LogP contribution in [0.1, 0.15) is 116 Å². The molecule has 0 bridgehead atoms. The van der Waals surface area contributed by atoms with E-state index in [9.17, 15) is 30.0 Å². The van der Waals surface area contributed by atoms with Gasteiger partial charge in [-0.05, 0) is 67.9 Å². The summed E-state index contributed by atoms with van der Waals surface area (Å²) in [6, 6.07) is 7.40. The fraction of sp³-hybridized carbons (Fsp3) is 0.526. The fourth-order valence-corrected chi connectivity index (χ4v) is 6.13. The van der Waals surface area contributed by atoms with Crippen LogP contribution in [-0.4, -0.2) is 42.9 Å². The van der Waals surface area contributed by atoms with Gasteiger partial charge in [0.1, 0.15) is 22.0 Å². The molecule has 0 aromatic heterocycles. The molecule has 2 aromatic rings. The summed E-state index contributed by atoms with van der Waals surface area (Å²) < 4.78 is 0. The van der Waals surface area contributed by atoms with Crippen molar-refractivity contribution in [1.82, 2.24) is 0 Å². The van der Waals surface area contributed by atoms with Crippen molar-refractivity contribution in [3.63, 3.8) is 0 Å². The van der Waals surface area contributed by atoms with Gasteiger partial charge >= 0.3 is 11.9 Å². The molecule has 2 unspecified atom stereocenters. The SMILES string of the molecule is C=C.C=C.CC(C)(C)c1cc(CC(SC(Cc2cc(C(C)(C)C)c(O)c(C(C)(C)C)c2)C(=O)O)C(=O)O)cc(C(C)(C)C)c1O. The van der Waals surface area contributed by atoms with Gasteiger partial charge in [-0.15, -0.1) is 38.1 Å². The first-order valence-electron chi connectivity index (χ1n) is 15.2. The molecule has 252 valence electrons. The van der Waals surface area contributed by atoms with Crippen LogP contribution in [0, 0.1) is 0 Å². The van der Waals surface area contributed by atoms with Gasteiger partial charge in [0.15, 0.2) is 0 Å². The smallest absolute Gasteiger partial charge is 0.316 e. The summed E-state index contributed by atoms with van der Waals surface area (Å²) in [7, 11) is 0. The zero-order chi connectivity index (χ0) is 35.9. The largest absolute Gasteiger partial charge is 0.507 e. The number of benzene rings is 2. The molecular weight excluding hydrogens is 584 g/mol. The van der Waals surface area contributed by atoms with Gasteiger partial charge in [0.25, 0.3) is 0 Å². The second-order valence-corrected chi connectivity index (χ2v) is 16.7. The van der Waals surface area contributed by atoms with Crippen molar-refractivity contribution in [3.8, 4) is 11.5 Å². The molecule has 2 aromatic carbocycles. The maximum Gasteiger partial charge on any atom is 0.316 e. The third kappa shape index (κ3) is 11.6. The Kier molecular flexibility index (Phi) is 14.8. The molecule has 0 fully saturated rings. The van der Waals surface area contributed by atoms with E-state index in [4.69, 9.17) is 0 Å². The van der Waals surface area contributed by atoms with E-state index >= 15 is 0 Å². The Balaban J connectivity index is 0.00000464. The van der Waals surface area contributed by atoms with E-state index < -0.39 is 22.4 Å². The molecule has 7 heteroatoms. The van der Waals surface area contributed by atoms with E-state index in [0.29, 0.717) is 0 Å². The van der Waals surface area contributed by atoms with E-state index in [-0.39, 0.29) is 46.0 Å². The molecule has 45 heavy (non-hydrogen) atoms. The second kappa shape index (κ2) is 15.9. The minimum Gasteiger partial charge on any atom is -0.507 e. The lowest BCUT2D eigenvalue weighted by Crippen LogP contribution is -2.29. The molecule has 2 atom stereocenters. The van der Waals surface area contributed by atoms with Crippen LogP contribution >= 0.6 is 11.8 Å². The summed E-state index contributed by atoms with van der Waals surface area (Å²) in [5, 5.41) is 40.5. The molecule has 2 rings (SSSR count). The standard InChI is InChI=1S/C34H50O6S.2C2H4/c1-31(2,3)21-13-19(14-22(27(21)35)32(4,5)6)17-25(29(37)38)41-26(30(39)40)18-20-15-23(33(7,8)9)28(36)24(16-20)34(10,11)12;2*1-2/h13-16,25-26,35-36H,17-18H2,1-12H3,(H,37,38)(H,39,40);2*1-2H2. The maximum absolute atomic E-state index is 12.5. The topological polar surface area (TPSA) is 115 Å². The molecule has 6 nitrogen and oxygen atoms in total. The van der Waals surface area contributed by atoms with Crippen LogP contribution in [0.3, 0.4) is 0 Å². The molecule has 0 saturated carbocycles. The zero-order valence-electron chi connectivity index (χ0n) is 29.7. The summed E-state index contributed by atoms with van der Waals surface area (Å²) in [4.78, 5) is 24.9. The van der Waals surface area contributed by atoms with Crippen molar-refractivity contribution in [2.24, 2.45) is 0 Å². The number of carbonyl (C=O) groups is 2. The first-order chi connectivity index (χ1) is 20.3. The molecule has 0 spiro atoms. The Bertz CT molecular complexity index is 1140. The third-order valence-corrected chi connectivity index (χ3v) is 8.69. The minimum atomic E-state index is -1.08. The van der Waals surface area contributed by atoms with Crippen LogP contribution in [-0.2, 0) is 44.1 Å². The molecule has 0 saturated heterocycles. The highest BCUT2D eigenvalue weighted by Crippen LogP contribution is 2.42. The van der Waals surface area contributed by atoms with Gasteiger partial charge in [-0.1, -0.05) is 107 Å². The molecule has 0 aliphatic heterocycles. The van der Waals surface area contributed by atoms with Gasteiger partial charge in [-0.25, -0.2) is 0 Å². The van der Waals surface area contributed by atoms with Crippen molar-refractivity contribution < 1.29 is 30.0 Å². The number of thioether (sulfide) groups is 1.